The molecule has 4 rings (SSSR count). The molecule has 3 heterocycles. The monoisotopic (exact) mass is 408 g/mol. The van der Waals surface area contributed by atoms with Crippen molar-refractivity contribution in [1.29, 1.82) is 0 Å². The summed E-state index contributed by atoms with van der Waals surface area (Å²) in [6, 6.07) is 10.8. The lowest BCUT2D eigenvalue weighted by atomic mass is 10.1. The summed E-state index contributed by atoms with van der Waals surface area (Å²) in [5.74, 6) is 1.50. The molecule has 2 amide bonds. The van der Waals surface area contributed by atoms with Crippen LogP contribution in [0.5, 0.6) is 5.75 Å². The van der Waals surface area contributed by atoms with Crippen molar-refractivity contribution in [2.75, 3.05) is 51.3 Å². The van der Waals surface area contributed by atoms with E-state index < -0.39 is 0 Å². The van der Waals surface area contributed by atoms with Crippen LogP contribution in [0.1, 0.15) is 40.0 Å². The highest BCUT2D eigenvalue weighted by atomic mass is 16.5. The van der Waals surface area contributed by atoms with Crippen molar-refractivity contribution in [3.63, 3.8) is 0 Å². The first-order chi connectivity index (χ1) is 14.7. The van der Waals surface area contributed by atoms with Gasteiger partial charge < -0.3 is 19.4 Å². The molecule has 2 aromatic rings. The van der Waals surface area contributed by atoms with Crippen molar-refractivity contribution >= 4 is 17.6 Å². The fourth-order valence-corrected chi connectivity index (χ4v) is 4.12. The summed E-state index contributed by atoms with van der Waals surface area (Å²) in [5.41, 5.74) is 1.30. The number of aromatic nitrogens is 1. The van der Waals surface area contributed by atoms with Crippen molar-refractivity contribution in [3.05, 3.63) is 53.7 Å². The van der Waals surface area contributed by atoms with Gasteiger partial charge in [-0.25, -0.2) is 4.98 Å². The average molecular weight is 409 g/mol. The minimum Gasteiger partial charge on any atom is -0.497 e. The number of ether oxygens (including phenoxy) is 1. The summed E-state index contributed by atoms with van der Waals surface area (Å²) in [7, 11) is 1.60. The second-order valence-corrected chi connectivity index (χ2v) is 7.74. The Hall–Kier alpha value is -3.09. The molecule has 2 fully saturated rings. The van der Waals surface area contributed by atoms with Gasteiger partial charge >= 0.3 is 0 Å². The number of nitrogens with zero attached hydrogens (tertiary/aromatic N) is 4. The first-order valence-electron chi connectivity index (χ1n) is 10.6. The molecule has 0 N–H and O–H groups in total. The predicted molar refractivity (Wildman–Crippen MR) is 115 cm³/mol. The summed E-state index contributed by atoms with van der Waals surface area (Å²) in [4.78, 5) is 36.4. The van der Waals surface area contributed by atoms with Crippen molar-refractivity contribution in [2.45, 2.75) is 19.3 Å². The Morgan fingerprint density at radius 2 is 1.47 bits per heavy atom. The number of hydrogen-bond donors (Lipinski definition) is 0. The zero-order valence-electron chi connectivity index (χ0n) is 17.4. The van der Waals surface area contributed by atoms with Gasteiger partial charge in [0.25, 0.3) is 11.8 Å². The maximum atomic E-state index is 13.2. The highest BCUT2D eigenvalue weighted by Crippen LogP contribution is 2.23. The van der Waals surface area contributed by atoms with Gasteiger partial charge in [0.15, 0.2) is 0 Å². The number of piperidine rings is 1. The summed E-state index contributed by atoms with van der Waals surface area (Å²) < 4.78 is 5.15. The molecule has 0 unspecified atom stereocenters. The first-order valence-corrected chi connectivity index (χ1v) is 10.6. The molecule has 30 heavy (non-hydrogen) atoms. The lowest BCUT2D eigenvalue weighted by molar-refractivity contribution is 0.0535. The molecule has 7 heteroatoms. The Kier molecular flexibility index (Phi) is 6.16. The number of rotatable bonds is 4. The van der Waals surface area contributed by atoms with E-state index in [4.69, 9.17) is 4.74 Å². The number of hydrogen-bond acceptors (Lipinski definition) is 5. The first kappa shape index (κ1) is 20.2. The van der Waals surface area contributed by atoms with E-state index in [1.165, 1.54) is 6.42 Å². The van der Waals surface area contributed by atoms with Crippen LogP contribution >= 0.6 is 0 Å². The lowest BCUT2D eigenvalue weighted by Gasteiger charge is -2.36. The van der Waals surface area contributed by atoms with Crippen LogP contribution in [-0.2, 0) is 0 Å². The Bertz CT molecular complexity index is 886. The number of benzene rings is 1. The van der Waals surface area contributed by atoms with Gasteiger partial charge in [-0.15, -0.1) is 0 Å². The molecule has 1 aromatic carbocycles. The predicted octanol–water partition coefficient (Wildman–Crippen LogP) is 2.68. The topological polar surface area (TPSA) is 66.0 Å². The van der Waals surface area contributed by atoms with E-state index in [1.807, 2.05) is 17.0 Å². The Morgan fingerprint density at radius 3 is 2.10 bits per heavy atom. The molecule has 2 aliphatic heterocycles. The summed E-state index contributed by atoms with van der Waals surface area (Å²) >= 11 is 0. The second-order valence-electron chi connectivity index (χ2n) is 7.74. The minimum atomic E-state index is -0.0138. The van der Waals surface area contributed by atoms with Gasteiger partial charge in [0, 0.05) is 51.0 Å². The van der Waals surface area contributed by atoms with Gasteiger partial charge in [0.1, 0.15) is 11.6 Å². The molecule has 0 aliphatic carbocycles. The number of methoxy groups -OCH3 is 1. The fourth-order valence-electron chi connectivity index (χ4n) is 4.12. The van der Waals surface area contributed by atoms with E-state index in [0.29, 0.717) is 37.3 Å². The normalized spacial score (nSPS) is 17.0. The van der Waals surface area contributed by atoms with Gasteiger partial charge in [-0.05, 0) is 55.7 Å². The van der Waals surface area contributed by atoms with E-state index in [1.54, 1.807) is 42.5 Å². The van der Waals surface area contributed by atoms with E-state index in [9.17, 15) is 9.59 Å². The molecule has 1 aromatic heterocycles. The fraction of sp³-hybridized carbons (Fsp3) is 0.435. The van der Waals surface area contributed by atoms with Crippen LogP contribution in [0.25, 0.3) is 0 Å². The van der Waals surface area contributed by atoms with Gasteiger partial charge in [-0.3, -0.25) is 9.59 Å². The van der Waals surface area contributed by atoms with E-state index in [0.717, 1.165) is 37.5 Å². The standard InChI is InChI=1S/C23H28N4O3/c1-30-19-9-7-18(8-10-19)22(28)26-14-16-27(17-15-26)23(29)20-6-5-11-24-21(20)25-12-3-2-4-13-25/h5-11H,2-4,12-17H2,1H3. The number of carbonyl (C=O) groups excluding carboxylic acids is 2. The Labute approximate surface area is 177 Å². The van der Waals surface area contributed by atoms with Crippen LogP contribution in [-0.4, -0.2) is 73.0 Å². The molecule has 158 valence electrons. The third-order valence-corrected chi connectivity index (χ3v) is 5.86. The zero-order chi connectivity index (χ0) is 20.9. The average Bonchev–Trinajstić information content (AvgIpc) is 2.84. The number of piperazine rings is 1. The van der Waals surface area contributed by atoms with Crippen molar-refractivity contribution < 1.29 is 14.3 Å². The Balaban J connectivity index is 1.40. The van der Waals surface area contributed by atoms with Crippen LogP contribution in [0.4, 0.5) is 5.82 Å². The maximum Gasteiger partial charge on any atom is 0.257 e. The summed E-state index contributed by atoms with van der Waals surface area (Å²) in [6.07, 6.45) is 5.26. The third-order valence-electron chi connectivity index (χ3n) is 5.86. The van der Waals surface area contributed by atoms with Crippen LogP contribution in [0.15, 0.2) is 42.6 Å². The number of pyridine rings is 1. The van der Waals surface area contributed by atoms with E-state index >= 15 is 0 Å². The molecule has 2 aliphatic rings. The molecular weight excluding hydrogens is 380 g/mol. The Morgan fingerprint density at radius 1 is 0.833 bits per heavy atom. The zero-order valence-corrected chi connectivity index (χ0v) is 17.4. The molecular formula is C23H28N4O3. The minimum absolute atomic E-state index is 0.000204. The smallest absolute Gasteiger partial charge is 0.257 e. The second kappa shape index (κ2) is 9.15. The third kappa shape index (κ3) is 4.25. The molecule has 0 atom stereocenters. The number of carbonyl (C=O) groups is 2. The van der Waals surface area contributed by atoms with Gasteiger partial charge in [0.05, 0.1) is 12.7 Å². The molecule has 0 bridgehead atoms. The maximum absolute atomic E-state index is 13.2. The van der Waals surface area contributed by atoms with Crippen molar-refractivity contribution in [1.82, 2.24) is 14.8 Å². The molecule has 0 saturated carbocycles. The molecule has 2 saturated heterocycles. The van der Waals surface area contributed by atoms with Crippen molar-refractivity contribution in [2.24, 2.45) is 0 Å². The summed E-state index contributed by atoms with van der Waals surface area (Å²) in [5, 5.41) is 0. The van der Waals surface area contributed by atoms with Gasteiger partial charge in [-0.2, -0.15) is 0 Å². The molecule has 0 radical (unpaired) electrons. The van der Waals surface area contributed by atoms with Crippen LogP contribution < -0.4 is 9.64 Å². The highest BCUT2D eigenvalue weighted by Gasteiger charge is 2.28. The molecule has 7 nitrogen and oxygen atoms in total. The van der Waals surface area contributed by atoms with Crippen LogP contribution in [0.2, 0.25) is 0 Å². The molecule has 0 spiro atoms. The van der Waals surface area contributed by atoms with E-state index in [2.05, 4.69) is 9.88 Å². The van der Waals surface area contributed by atoms with Crippen molar-refractivity contribution in [3.8, 4) is 5.75 Å². The van der Waals surface area contributed by atoms with E-state index in [-0.39, 0.29) is 11.8 Å². The van der Waals surface area contributed by atoms with Gasteiger partial charge in [0.2, 0.25) is 0 Å². The quantitative estimate of drug-likeness (QED) is 0.778. The SMILES string of the molecule is COc1ccc(C(=O)N2CCN(C(=O)c3cccnc3N3CCCCC3)CC2)cc1. The number of amides is 2. The van der Waals surface area contributed by atoms with Crippen LogP contribution in [0.3, 0.4) is 0 Å². The lowest BCUT2D eigenvalue weighted by Crippen LogP contribution is -2.50. The van der Waals surface area contributed by atoms with Gasteiger partial charge in [-0.1, -0.05) is 0 Å². The summed E-state index contributed by atoms with van der Waals surface area (Å²) in [6.45, 7) is 3.98. The number of anilines is 1. The largest absolute Gasteiger partial charge is 0.497 e. The van der Waals surface area contributed by atoms with Crippen LogP contribution in [0, 0.1) is 0 Å². The highest BCUT2D eigenvalue weighted by molar-refractivity contribution is 5.99.